The highest BCUT2D eigenvalue weighted by Gasteiger charge is 2.31. The van der Waals surface area contributed by atoms with E-state index in [2.05, 4.69) is 0 Å². The van der Waals surface area contributed by atoms with E-state index in [0.29, 0.717) is 12.1 Å². The Labute approximate surface area is 121 Å². The molecule has 0 spiro atoms. The molecule has 1 rings (SSSR count). The molecule has 0 N–H and O–H groups in total. The zero-order valence-corrected chi connectivity index (χ0v) is 12.6. The van der Waals surface area contributed by atoms with Crippen molar-refractivity contribution in [2.75, 3.05) is 7.05 Å². The van der Waals surface area contributed by atoms with Crippen LogP contribution in [0.15, 0.2) is 12.1 Å². The second-order valence-electron chi connectivity index (χ2n) is 6.00. The van der Waals surface area contributed by atoms with Gasteiger partial charge in [0.1, 0.15) is 5.82 Å². The fraction of sp³-hybridized carbons (Fsp3) is 0.500. The van der Waals surface area contributed by atoms with Gasteiger partial charge in [0.15, 0.2) is 0 Å². The van der Waals surface area contributed by atoms with Crippen LogP contribution < -0.4 is 0 Å². The van der Waals surface area contributed by atoms with E-state index in [9.17, 15) is 23.7 Å². The lowest BCUT2D eigenvalue weighted by atomic mass is 9.87. The first-order valence-corrected chi connectivity index (χ1v) is 6.37. The van der Waals surface area contributed by atoms with Gasteiger partial charge in [0.25, 0.3) is 5.91 Å². The number of hydrogen-bond donors (Lipinski definition) is 0. The predicted molar refractivity (Wildman–Crippen MR) is 74.0 cm³/mol. The summed E-state index contributed by atoms with van der Waals surface area (Å²) in [5.41, 5.74) is -1.96. The Hall–Kier alpha value is -2.05. The van der Waals surface area contributed by atoms with Crippen LogP contribution in [-0.2, 0) is 0 Å². The van der Waals surface area contributed by atoms with Crippen LogP contribution in [0.3, 0.4) is 0 Å². The Kier molecular flexibility index (Phi) is 4.65. The minimum absolute atomic E-state index is 0.272. The zero-order valence-electron chi connectivity index (χ0n) is 12.6. The van der Waals surface area contributed by atoms with Gasteiger partial charge in [-0.3, -0.25) is 14.9 Å². The van der Waals surface area contributed by atoms with Crippen LogP contribution in [-0.4, -0.2) is 28.8 Å². The lowest BCUT2D eigenvalue weighted by molar-refractivity contribution is -0.387. The Bertz CT molecular complexity index is 582. The highest BCUT2D eigenvalue weighted by molar-refractivity contribution is 5.95. The lowest BCUT2D eigenvalue weighted by Crippen LogP contribution is -2.43. The number of rotatable bonds is 3. The minimum atomic E-state index is -1.32. The second-order valence-corrected chi connectivity index (χ2v) is 6.00. The lowest BCUT2D eigenvalue weighted by Gasteiger charge is -2.35. The van der Waals surface area contributed by atoms with Crippen molar-refractivity contribution in [3.8, 4) is 0 Å². The van der Waals surface area contributed by atoms with Crippen LogP contribution in [0, 0.1) is 27.2 Å². The van der Waals surface area contributed by atoms with Crippen molar-refractivity contribution in [3.05, 3.63) is 39.4 Å². The first-order valence-electron chi connectivity index (χ1n) is 6.37. The number of nitro groups is 1. The standard InChI is InChI=1S/C14H18F2N2O3/c1-8(14(2,3)4)17(5)13(19)10-6-9(15)7-11(12(10)16)18(20)21/h6-8H,1-5H3. The summed E-state index contributed by atoms with van der Waals surface area (Å²) in [7, 11) is 1.45. The van der Waals surface area contributed by atoms with E-state index in [-0.39, 0.29) is 11.5 Å². The Morgan fingerprint density at radius 3 is 2.29 bits per heavy atom. The maximum atomic E-state index is 14.0. The van der Waals surface area contributed by atoms with E-state index < -0.39 is 33.7 Å². The summed E-state index contributed by atoms with van der Waals surface area (Å²) in [5.74, 6) is -3.14. The van der Waals surface area contributed by atoms with Gasteiger partial charge in [-0.15, -0.1) is 0 Å². The molecule has 5 nitrogen and oxygen atoms in total. The molecule has 0 aliphatic carbocycles. The molecule has 0 bridgehead atoms. The van der Waals surface area contributed by atoms with Crippen molar-refractivity contribution in [1.29, 1.82) is 0 Å². The van der Waals surface area contributed by atoms with Crippen LogP contribution in [0.25, 0.3) is 0 Å². The van der Waals surface area contributed by atoms with Crippen molar-refractivity contribution in [3.63, 3.8) is 0 Å². The molecule has 1 atom stereocenters. The molecule has 0 fully saturated rings. The van der Waals surface area contributed by atoms with Gasteiger partial charge in [0.05, 0.1) is 16.6 Å². The van der Waals surface area contributed by atoms with Gasteiger partial charge in [-0.25, -0.2) is 4.39 Å². The number of carbonyl (C=O) groups excluding carboxylic acids is 1. The fourth-order valence-electron chi connectivity index (χ4n) is 1.81. The maximum absolute atomic E-state index is 14.0. The van der Waals surface area contributed by atoms with E-state index in [0.717, 1.165) is 0 Å². The third-order valence-corrected chi connectivity index (χ3v) is 3.60. The number of nitrogens with zero attached hydrogens (tertiary/aromatic N) is 2. The SMILES string of the molecule is CC(N(C)C(=O)c1cc(F)cc([N+](=O)[O-])c1F)C(C)(C)C. The van der Waals surface area contributed by atoms with E-state index in [1.54, 1.807) is 6.92 Å². The van der Waals surface area contributed by atoms with Gasteiger partial charge < -0.3 is 4.90 Å². The molecule has 0 aromatic heterocycles. The van der Waals surface area contributed by atoms with Crippen molar-refractivity contribution in [2.24, 2.45) is 5.41 Å². The molecule has 1 amide bonds. The topological polar surface area (TPSA) is 63.5 Å². The summed E-state index contributed by atoms with van der Waals surface area (Å²) in [6.45, 7) is 7.45. The highest BCUT2D eigenvalue weighted by atomic mass is 19.1. The fourth-order valence-corrected chi connectivity index (χ4v) is 1.81. The van der Waals surface area contributed by atoms with Crippen molar-refractivity contribution < 1.29 is 18.5 Å². The summed E-state index contributed by atoms with van der Waals surface area (Å²) in [4.78, 5) is 23.2. The first-order chi connectivity index (χ1) is 9.46. The monoisotopic (exact) mass is 300 g/mol. The third-order valence-electron chi connectivity index (χ3n) is 3.60. The molecule has 1 unspecified atom stereocenters. The number of halogens is 2. The van der Waals surface area contributed by atoms with E-state index in [1.807, 2.05) is 20.8 Å². The summed E-state index contributed by atoms with van der Waals surface area (Å²) >= 11 is 0. The van der Waals surface area contributed by atoms with Crippen LogP contribution >= 0.6 is 0 Å². The smallest absolute Gasteiger partial charge is 0.308 e. The summed E-state index contributed by atoms with van der Waals surface area (Å²) in [6.07, 6.45) is 0. The van der Waals surface area contributed by atoms with E-state index in [4.69, 9.17) is 0 Å². The van der Waals surface area contributed by atoms with Gasteiger partial charge in [-0.05, 0) is 18.4 Å². The normalized spacial score (nSPS) is 12.9. The average Bonchev–Trinajstić information content (AvgIpc) is 2.37. The largest absolute Gasteiger partial charge is 0.338 e. The maximum Gasteiger partial charge on any atom is 0.308 e. The quantitative estimate of drug-likeness (QED) is 0.635. The van der Waals surface area contributed by atoms with Crippen molar-refractivity contribution in [2.45, 2.75) is 33.7 Å². The van der Waals surface area contributed by atoms with Crippen molar-refractivity contribution >= 4 is 11.6 Å². The average molecular weight is 300 g/mol. The molecule has 1 aromatic rings. The summed E-state index contributed by atoms with van der Waals surface area (Å²) in [6, 6.07) is 0.863. The minimum Gasteiger partial charge on any atom is -0.338 e. The van der Waals surface area contributed by atoms with Gasteiger partial charge in [0, 0.05) is 13.1 Å². The molecule has 116 valence electrons. The summed E-state index contributed by atoms with van der Waals surface area (Å²) < 4.78 is 27.4. The van der Waals surface area contributed by atoms with Crippen LogP contribution in [0.2, 0.25) is 0 Å². The summed E-state index contributed by atoms with van der Waals surface area (Å²) in [5, 5.41) is 10.7. The van der Waals surface area contributed by atoms with Gasteiger partial charge in [-0.1, -0.05) is 20.8 Å². The first kappa shape index (κ1) is 17.0. The number of hydrogen-bond acceptors (Lipinski definition) is 3. The molecule has 0 aliphatic rings. The van der Waals surface area contributed by atoms with Gasteiger partial charge >= 0.3 is 5.69 Å². The molecule has 0 aliphatic heterocycles. The molecular weight excluding hydrogens is 282 g/mol. The van der Waals surface area contributed by atoms with Crippen LogP contribution in [0.1, 0.15) is 38.1 Å². The molecule has 7 heteroatoms. The molecular formula is C14H18F2N2O3. The Morgan fingerprint density at radius 2 is 1.86 bits per heavy atom. The van der Waals surface area contributed by atoms with Gasteiger partial charge in [0.2, 0.25) is 5.82 Å². The van der Waals surface area contributed by atoms with Crippen molar-refractivity contribution in [1.82, 2.24) is 4.90 Å². The van der Waals surface area contributed by atoms with Crippen LogP contribution in [0.4, 0.5) is 14.5 Å². The number of amides is 1. The van der Waals surface area contributed by atoms with E-state index >= 15 is 0 Å². The number of carbonyl (C=O) groups is 1. The van der Waals surface area contributed by atoms with Gasteiger partial charge in [-0.2, -0.15) is 4.39 Å². The Balaban J connectivity index is 3.28. The molecule has 0 saturated heterocycles. The zero-order chi connectivity index (χ0) is 16.5. The number of benzene rings is 1. The third kappa shape index (κ3) is 3.53. The molecule has 1 aromatic carbocycles. The molecule has 0 radical (unpaired) electrons. The molecule has 21 heavy (non-hydrogen) atoms. The Morgan fingerprint density at radius 1 is 1.33 bits per heavy atom. The number of nitro benzene ring substituents is 1. The highest BCUT2D eigenvalue weighted by Crippen LogP contribution is 2.27. The second kappa shape index (κ2) is 5.75. The predicted octanol–water partition coefficient (Wildman–Crippen LogP) is 3.38. The van der Waals surface area contributed by atoms with Crippen LogP contribution in [0.5, 0.6) is 0 Å². The van der Waals surface area contributed by atoms with E-state index in [1.165, 1.54) is 11.9 Å². The molecule has 0 saturated carbocycles. The molecule has 0 heterocycles.